The number of nitrogens with zero attached hydrogens (tertiary/aromatic N) is 2. The molecule has 1 fully saturated rings. The lowest BCUT2D eigenvalue weighted by Gasteiger charge is -2.31. The van der Waals surface area contributed by atoms with Gasteiger partial charge in [-0.1, -0.05) is 0 Å². The second-order valence-electron chi connectivity index (χ2n) is 8.92. The van der Waals surface area contributed by atoms with Gasteiger partial charge in [-0.25, -0.2) is 31.5 Å². The molecule has 2 aromatic carbocycles. The standard InChI is InChI=1S/C24H27F5N4O5S/c1-32(18-4-6-21(38-2)19(27)14-18)22(34)20(5-3-15-11-16(25)13-17(26)12-15)30-23(35)31-39(36,37)33-9-7-24(28,29)8-10-33/h4,6,11-14,20H,3,5,7-10H2,1-2H3,(H2,30,31,35)/t20-/m0/s1. The van der Waals surface area contributed by atoms with Gasteiger partial charge in [0.05, 0.1) is 7.11 Å². The topological polar surface area (TPSA) is 108 Å². The van der Waals surface area contributed by atoms with Crippen LogP contribution >= 0.6 is 0 Å². The molecule has 2 N–H and O–H groups in total. The first-order valence-corrected chi connectivity index (χ1v) is 13.2. The normalized spacial score (nSPS) is 16.3. The van der Waals surface area contributed by atoms with Gasteiger partial charge in [0.25, 0.3) is 5.92 Å². The first kappa shape index (κ1) is 30.1. The third-order valence-corrected chi connectivity index (χ3v) is 7.60. The molecule has 39 heavy (non-hydrogen) atoms. The number of alkyl halides is 2. The molecule has 3 amide bonds. The van der Waals surface area contributed by atoms with E-state index in [1.165, 1.54) is 26.3 Å². The van der Waals surface area contributed by atoms with Crippen LogP contribution in [0.15, 0.2) is 36.4 Å². The van der Waals surface area contributed by atoms with E-state index in [0.29, 0.717) is 10.4 Å². The van der Waals surface area contributed by atoms with Crippen LogP contribution < -0.4 is 19.7 Å². The lowest BCUT2D eigenvalue weighted by molar-refractivity contribution is -0.120. The molecule has 0 saturated carbocycles. The Balaban J connectivity index is 1.78. The first-order chi connectivity index (χ1) is 18.2. The van der Waals surface area contributed by atoms with E-state index >= 15 is 0 Å². The van der Waals surface area contributed by atoms with Crippen molar-refractivity contribution in [2.75, 3.05) is 32.1 Å². The van der Waals surface area contributed by atoms with Crippen LogP contribution in [0.3, 0.4) is 0 Å². The zero-order chi connectivity index (χ0) is 29.0. The van der Waals surface area contributed by atoms with Crippen LogP contribution in [-0.2, 0) is 21.4 Å². The molecule has 0 aliphatic carbocycles. The van der Waals surface area contributed by atoms with Crippen molar-refractivity contribution in [3.05, 3.63) is 59.4 Å². The van der Waals surface area contributed by atoms with Gasteiger partial charge < -0.3 is 15.0 Å². The number of hydrogen-bond donors (Lipinski definition) is 2. The molecule has 1 saturated heterocycles. The van der Waals surface area contributed by atoms with Crippen molar-refractivity contribution in [1.29, 1.82) is 0 Å². The van der Waals surface area contributed by atoms with Crippen LogP contribution in [0.25, 0.3) is 0 Å². The SMILES string of the molecule is COc1ccc(N(C)C(=O)[C@H](CCc2cc(F)cc(F)c2)NC(=O)NS(=O)(=O)N2CCC(F)(F)CC2)cc1F. The predicted molar refractivity (Wildman–Crippen MR) is 131 cm³/mol. The van der Waals surface area contributed by atoms with Gasteiger partial charge in [0, 0.05) is 50.8 Å². The number of methoxy groups -OCH3 is 1. The summed E-state index contributed by atoms with van der Waals surface area (Å²) in [7, 11) is -1.98. The van der Waals surface area contributed by atoms with Crippen molar-refractivity contribution in [3.8, 4) is 5.75 Å². The Hall–Kier alpha value is -3.46. The average Bonchev–Trinajstić information content (AvgIpc) is 2.84. The highest BCUT2D eigenvalue weighted by molar-refractivity contribution is 7.87. The molecule has 2 aromatic rings. The summed E-state index contributed by atoms with van der Waals surface area (Å²) < 4.78 is 101. The zero-order valence-electron chi connectivity index (χ0n) is 21.0. The van der Waals surface area contributed by atoms with Gasteiger partial charge in [0.1, 0.15) is 17.7 Å². The molecule has 15 heteroatoms. The smallest absolute Gasteiger partial charge is 0.330 e. The number of carbonyl (C=O) groups excluding carboxylic acids is 2. The number of urea groups is 1. The molecule has 0 bridgehead atoms. The first-order valence-electron chi connectivity index (χ1n) is 11.7. The number of aryl methyl sites for hydroxylation is 1. The van der Waals surface area contributed by atoms with Crippen LogP contribution in [0.5, 0.6) is 5.75 Å². The number of hydrogen-bond acceptors (Lipinski definition) is 5. The van der Waals surface area contributed by atoms with Gasteiger partial charge in [0.15, 0.2) is 11.6 Å². The molecule has 0 spiro atoms. The summed E-state index contributed by atoms with van der Waals surface area (Å²) >= 11 is 0. The number of halogens is 5. The molecule has 0 aromatic heterocycles. The Morgan fingerprint density at radius 3 is 2.26 bits per heavy atom. The van der Waals surface area contributed by atoms with Crippen molar-refractivity contribution in [2.45, 2.75) is 37.6 Å². The summed E-state index contributed by atoms with van der Waals surface area (Å²) in [5, 5.41) is 2.21. The molecule has 1 atom stereocenters. The molecule has 0 unspecified atom stereocenters. The van der Waals surface area contributed by atoms with Crippen LogP contribution in [0.4, 0.5) is 32.4 Å². The molecule has 214 valence electrons. The van der Waals surface area contributed by atoms with E-state index in [1.807, 2.05) is 0 Å². The fourth-order valence-electron chi connectivity index (χ4n) is 3.97. The monoisotopic (exact) mass is 578 g/mol. The predicted octanol–water partition coefficient (Wildman–Crippen LogP) is 3.35. The van der Waals surface area contributed by atoms with Crippen LogP contribution in [0.2, 0.25) is 0 Å². The maximum atomic E-state index is 14.2. The number of anilines is 1. The molecule has 1 heterocycles. The minimum atomic E-state index is -4.52. The minimum Gasteiger partial charge on any atom is -0.494 e. The molecular formula is C24H27F5N4O5S. The van der Waals surface area contributed by atoms with Crippen molar-refractivity contribution in [1.82, 2.24) is 14.3 Å². The van der Waals surface area contributed by atoms with Gasteiger partial charge in [-0.3, -0.25) is 4.79 Å². The Labute approximate surface area is 222 Å². The Kier molecular flexibility index (Phi) is 9.38. The summed E-state index contributed by atoms with van der Waals surface area (Å²) in [6.07, 6.45) is -1.77. The Morgan fingerprint density at radius 2 is 1.69 bits per heavy atom. The third-order valence-electron chi connectivity index (χ3n) is 6.12. The van der Waals surface area contributed by atoms with Crippen molar-refractivity contribution >= 4 is 27.8 Å². The Bertz CT molecular complexity index is 1300. The zero-order valence-corrected chi connectivity index (χ0v) is 21.8. The van der Waals surface area contributed by atoms with E-state index in [4.69, 9.17) is 4.74 Å². The number of likely N-dealkylation sites (N-methyl/N-ethyl adjacent to an activating group) is 1. The van der Waals surface area contributed by atoms with Gasteiger partial charge in [-0.15, -0.1) is 0 Å². The summed E-state index contributed by atoms with van der Waals surface area (Å²) in [5.41, 5.74) is 0.233. The van der Waals surface area contributed by atoms with E-state index in [1.54, 1.807) is 4.72 Å². The number of nitrogens with one attached hydrogen (secondary N) is 2. The number of piperidine rings is 1. The molecular weight excluding hydrogens is 551 g/mol. The molecule has 1 aliphatic heterocycles. The molecule has 0 radical (unpaired) electrons. The van der Waals surface area contributed by atoms with E-state index in [0.717, 1.165) is 23.1 Å². The lowest BCUT2D eigenvalue weighted by Crippen LogP contribution is -2.55. The van der Waals surface area contributed by atoms with E-state index in [2.05, 4.69) is 5.32 Å². The number of ether oxygens (including phenoxy) is 1. The highest BCUT2D eigenvalue weighted by atomic mass is 32.2. The number of benzene rings is 2. The quantitative estimate of drug-likeness (QED) is 0.444. The summed E-state index contributed by atoms with van der Waals surface area (Å²) in [4.78, 5) is 26.9. The van der Waals surface area contributed by atoms with Crippen molar-refractivity contribution in [2.24, 2.45) is 0 Å². The number of amides is 3. The van der Waals surface area contributed by atoms with Gasteiger partial charge in [0.2, 0.25) is 5.91 Å². The van der Waals surface area contributed by atoms with Crippen molar-refractivity contribution in [3.63, 3.8) is 0 Å². The summed E-state index contributed by atoms with van der Waals surface area (Å²) in [6, 6.07) is 3.60. The van der Waals surface area contributed by atoms with Crippen LogP contribution in [-0.4, -0.2) is 63.9 Å². The fourth-order valence-corrected chi connectivity index (χ4v) is 5.06. The van der Waals surface area contributed by atoms with E-state index in [-0.39, 0.29) is 29.8 Å². The van der Waals surface area contributed by atoms with Gasteiger partial charge in [-0.2, -0.15) is 12.7 Å². The summed E-state index contributed by atoms with van der Waals surface area (Å²) in [6.45, 7) is -1.04. The highest BCUT2D eigenvalue weighted by Gasteiger charge is 2.39. The van der Waals surface area contributed by atoms with Crippen LogP contribution in [0.1, 0.15) is 24.8 Å². The number of carbonyl (C=O) groups is 2. The minimum absolute atomic E-state index is 0.0733. The maximum absolute atomic E-state index is 14.2. The van der Waals surface area contributed by atoms with E-state index < -0.39 is 77.5 Å². The molecule has 1 aliphatic rings. The fraction of sp³-hybridized carbons (Fsp3) is 0.417. The second kappa shape index (κ2) is 12.2. The molecule has 9 nitrogen and oxygen atoms in total. The van der Waals surface area contributed by atoms with Gasteiger partial charge in [-0.05, 0) is 42.7 Å². The third kappa shape index (κ3) is 8.02. The average molecular weight is 579 g/mol. The highest BCUT2D eigenvalue weighted by Crippen LogP contribution is 2.28. The number of rotatable bonds is 9. The largest absolute Gasteiger partial charge is 0.494 e. The lowest BCUT2D eigenvalue weighted by atomic mass is 10.0. The summed E-state index contributed by atoms with van der Waals surface area (Å²) in [5.74, 6) is -6.40. The van der Waals surface area contributed by atoms with Gasteiger partial charge >= 0.3 is 16.2 Å². The van der Waals surface area contributed by atoms with Crippen LogP contribution in [0, 0.1) is 17.5 Å². The Morgan fingerprint density at radius 1 is 1.08 bits per heavy atom. The van der Waals surface area contributed by atoms with E-state index in [9.17, 15) is 40.0 Å². The second-order valence-corrected chi connectivity index (χ2v) is 10.6. The maximum Gasteiger partial charge on any atom is 0.330 e. The molecule has 3 rings (SSSR count). The van der Waals surface area contributed by atoms with Crippen molar-refractivity contribution < 1.29 is 44.7 Å².